The molecule has 0 aliphatic carbocycles. The minimum Gasteiger partial charge on any atom is -0.397 e. The lowest BCUT2D eigenvalue weighted by Gasteiger charge is -2.18. The molecule has 3 aromatic rings. The van der Waals surface area contributed by atoms with Crippen molar-refractivity contribution >= 4 is 45.3 Å². The van der Waals surface area contributed by atoms with Crippen LogP contribution in [0.5, 0.6) is 0 Å². The molecule has 2 heterocycles. The molecule has 3 rings (SSSR count). The van der Waals surface area contributed by atoms with Gasteiger partial charge in [0.05, 0.1) is 22.3 Å². The van der Waals surface area contributed by atoms with Gasteiger partial charge in [0, 0.05) is 11.9 Å². The number of nitrogens with two attached hydrogens (primary N) is 1. The SMILES string of the molecule is CN(Cc1ccc(Cl)s1)c1ccc(N)c2nonc12. The predicted molar refractivity (Wildman–Crippen MR) is 77.7 cm³/mol. The van der Waals surface area contributed by atoms with Gasteiger partial charge >= 0.3 is 0 Å². The number of halogens is 1. The maximum Gasteiger partial charge on any atom is 0.160 e. The summed E-state index contributed by atoms with van der Waals surface area (Å²) in [6.45, 7) is 0.739. The minimum absolute atomic E-state index is 0.563. The van der Waals surface area contributed by atoms with Crippen LogP contribution in [-0.4, -0.2) is 17.4 Å². The standard InChI is InChI=1S/C12H11ClN4OS/c1-17(6-7-2-5-10(13)19-7)9-4-3-8(14)11-12(9)16-18-15-11/h2-5H,6,14H2,1H3. The van der Waals surface area contributed by atoms with E-state index in [0.717, 1.165) is 16.6 Å². The van der Waals surface area contributed by atoms with Crippen molar-refractivity contribution in [2.24, 2.45) is 0 Å². The number of thiophene rings is 1. The number of aromatic nitrogens is 2. The van der Waals surface area contributed by atoms with Crippen LogP contribution in [0.3, 0.4) is 0 Å². The Labute approximate surface area is 118 Å². The molecule has 0 fully saturated rings. The second-order valence-electron chi connectivity index (χ2n) is 4.20. The maximum absolute atomic E-state index is 5.93. The van der Waals surface area contributed by atoms with Crippen LogP contribution in [0.15, 0.2) is 28.9 Å². The van der Waals surface area contributed by atoms with Gasteiger partial charge in [-0.15, -0.1) is 11.3 Å². The monoisotopic (exact) mass is 294 g/mol. The van der Waals surface area contributed by atoms with Crippen molar-refractivity contribution in [2.75, 3.05) is 17.7 Å². The summed E-state index contributed by atoms with van der Waals surface area (Å²) in [6.07, 6.45) is 0. The van der Waals surface area contributed by atoms with Crippen molar-refractivity contribution in [1.29, 1.82) is 0 Å². The molecule has 0 radical (unpaired) electrons. The molecule has 0 bridgehead atoms. The largest absolute Gasteiger partial charge is 0.397 e. The highest BCUT2D eigenvalue weighted by molar-refractivity contribution is 7.16. The molecule has 0 atom stereocenters. The average Bonchev–Trinajstić information content (AvgIpc) is 2.99. The molecule has 7 heteroatoms. The van der Waals surface area contributed by atoms with Crippen LogP contribution in [-0.2, 0) is 6.54 Å². The molecule has 1 aromatic carbocycles. The lowest BCUT2D eigenvalue weighted by atomic mass is 10.2. The Hall–Kier alpha value is -1.79. The first-order chi connectivity index (χ1) is 9.15. The molecule has 0 aliphatic rings. The second kappa shape index (κ2) is 4.71. The Morgan fingerprint density at radius 1 is 1.26 bits per heavy atom. The topological polar surface area (TPSA) is 68.2 Å². The van der Waals surface area contributed by atoms with E-state index >= 15 is 0 Å². The summed E-state index contributed by atoms with van der Waals surface area (Å²) in [7, 11) is 1.98. The van der Waals surface area contributed by atoms with E-state index in [1.165, 1.54) is 4.88 Å². The highest BCUT2D eigenvalue weighted by atomic mass is 35.5. The number of fused-ring (bicyclic) bond motifs is 1. The summed E-state index contributed by atoms with van der Waals surface area (Å²) >= 11 is 7.50. The van der Waals surface area contributed by atoms with Crippen molar-refractivity contribution in [3.63, 3.8) is 0 Å². The van der Waals surface area contributed by atoms with Crippen molar-refractivity contribution in [3.8, 4) is 0 Å². The quantitative estimate of drug-likeness (QED) is 0.752. The van der Waals surface area contributed by atoms with E-state index in [-0.39, 0.29) is 0 Å². The van der Waals surface area contributed by atoms with E-state index in [1.54, 1.807) is 17.4 Å². The summed E-state index contributed by atoms with van der Waals surface area (Å²) in [6, 6.07) is 7.63. The first-order valence-corrected chi connectivity index (χ1v) is 6.80. The third-order valence-electron chi connectivity index (χ3n) is 2.86. The fraction of sp³-hybridized carbons (Fsp3) is 0.167. The molecule has 0 spiro atoms. The average molecular weight is 295 g/mol. The Morgan fingerprint density at radius 3 is 2.79 bits per heavy atom. The van der Waals surface area contributed by atoms with Crippen LogP contribution >= 0.6 is 22.9 Å². The van der Waals surface area contributed by atoms with Gasteiger partial charge in [-0.05, 0) is 34.6 Å². The van der Waals surface area contributed by atoms with Crippen LogP contribution in [0.2, 0.25) is 4.34 Å². The minimum atomic E-state index is 0.563. The molecular formula is C12H11ClN4OS. The molecule has 2 aromatic heterocycles. The zero-order chi connectivity index (χ0) is 13.4. The molecule has 2 N–H and O–H groups in total. The maximum atomic E-state index is 5.93. The van der Waals surface area contributed by atoms with Crippen molar-refractivity contribution in [1.82, 2.24) is 10.3 Å². The fourth-order valence-corrected chi connectivity index (χ4v) is 3.08. The lowest BCUT2D eigenvalue weighted by molar-refractivity contribution is 0.315. The zero-order valence-corrected chi connectivity index (χ0v) is 11.7. The van der Waals surface area contributed by atoms with E-state index in [4.69, 9.17) is 22.0 Å². The van der Waals surface area contributed by atoms with Crippen LogP contribution in [0, 0.1) is 0 Å². The summed E-state index contributed by atoms with van der Waals surface area (Å²) in [5.41, 5.74) is 8.58. The third-order valence-corrected chi connectivity index (χ3v) is 4.07. The number of rotatable bonds is 3. The number of benzene rings is 1. The van der Waals surface area contributed by atoms with E-state index in [0.29, 0.717) is 16.7 Å². The molecule has 98 valence electrons. The van der Waals surface area contributed by atoms with Gasteiger partial charge in [0.2, 0.25) is 0 Å². The summed E-state index contributed by atoms with van der Waals surface area (Å²) in [5, 5.41) is 7.73. The highest BCUT2D eigenvalue weighted by Gasteiger charge is 2.14. The van der Waals surface area contributed by atoms with Crippen LogP contribution in [0.1, 0.15) is 4.88 Å². The van der Waals surface area contributed by atoms with Crippen molar-refractivity contribution in [3.05, 3.63) is 33.5 Å². The zero-order valence-electron chi connectivity index (χ0n) is 10.1. The van der Waals surface area contributed by atoms with Crippen molar-refractivity contribution in [2.45, 2.75) is 6.54 Å². The smallest absolute Gasteiger partial charge is 0.160 e. The Kier molecular flexibility index (Phi) is 3.04. The number of nitrogens with zero attached hydrogens (tertiary/aromatic N) is 3. The predicted octanol–water partition coefficient (Wildman–Crippen LogP) is 3.16. The van der Waals surface area contributed by atoms with E-state index in [2.05, 4.69) is 15.2 Å². The summed E-state index contributed by atoms with van der Waals surface area (Å²) in [5.74, 6) is 0. The number of anilines is 2. The summed E-state index contributed by atoms with van der Waals surface area (Å²) in [4.78, 5) is 3.24. The van der Waals surface area contributed by atoms with Gasteiger partial charge in [0.1, 0.15) is 0 Å². The molecule has 5 nitrogen and oxygen atoms in total. The van der Waals surface area contributed by atoms with E-state index < -0.39 is 0 Å². The molecule has 19 heavy (non-hydrogen) atoms. The van der Waals surface area contributed by atoms with E-state index in [9.17, 15) is 0 Å². The van der Waals surface area contributed by atoms with Gasteiger partial charge in [-0.25, -0.2) is 4.63 Å². The highest BCUT2D eigenvalue weighted by Crippen LogP contribution is 2.30. The normalized spacial score (nSPS) is 11.1. The Bertz CT molecular complexity index is 723. The Balaban J connectivity index is 1.95. The fourth-order valence-electron chi connectivity index (χ4n) is 1.94. The first kappa shape index (κ1) is 12.3. The van der Waals surface area contributed by atoms with Gasteiger partial charge in [0.25, 0.3) is 0 Å². The van der Waals surface area contributed by atoms with E-state index in [1.807, 2.05) is 25.2 Å². The van der Waals surface area contributed by atoms with Crippen LogP contribution in [0.4, 0.5) is 11.4 Å². The molecule has 0 amide bonds. The van der Waals surface area contributed by atoms with Crippen LogP contribution in [0.25, 0.3) is 11.0 Å². The van der Waals surface area contributed by atoms with Crippen LogP contribution < -0.4 is 10.6 Å². The molecular weight excluding hydrogens is 284 g/mol. The Morgan fingerprint density at radius 2 is 2.05 bits per heavy atom. The lowest BCUT2D eigenvalue weighted by Crippen LogP contribution is -2.16. The van der Waals surface area contributed by atoms with Gasteiger partial charge in [-0.3, -0.25) is 0 Å². The number of hydrogen-bond donors (Lipinski definition) is 1. The number of nitrogen functional groups attached to an aromatic ring is 1. The van der Waals surface area contributed by atoms with Gasteiger partial charge < -0.3 is 10.6 Å². The van der Waals surface area contributed by atoms with Crippen molar-refractivity contribution < 1.29 is 4.63 Å². The third kappa shape index (κ3) is 2.24. The van der Waals surface area contributed by atoms with Gasteiger partial charge in [0.15, 0.2) is 11.0 Å². The van der Waals surface area contributed by atoms with Gasteiger partial charge in [-0.1, -0.05) is 11.6 Å². The molecule has 0 saturated heterocycles. The molecule has 0 saturated carbocycles. The second-order valence-corrected chi connectivity index (χ2v) is 6.00. The summed E-state index contributed by atoms with van der Waals surface area (Å²) < 4.78 is 5.55. The van der Waals surface area contributed by atoms with Gasteiger partial charge in [-0.2, -0.15) is 0 Å². The first-order valence-electron chi connectivity index (χ1n) is 5.61. The molecule has 0 unspecified atom stereocenters. The number of hydrogen-bond acceptors (Lipinski definition) is 6. The molecule has 0 aliphatic heterocycles.